The van der Waals surface area contributed by atoms with Crippen LogP contribution in [0.2, 0.25) is 0 Å². The Morgan fingerprint density at radius 2 is 1.86 bits per heavy atom. The maximum atomic E-state index is 5.83. The summed E-state index contributed by atoms with van der Waals surface area (Å²) in [6.07, 6.45) is 5.27. The van der Waals surface area contributed by atoms with E-state index in [1.807, 2.05) is 24.3 Å². The van der Waals surface area contributed by atoms with Crippen molar-refractivity contribution in [1.29, 1.82) is 0 Å². The summed E-state index contributed by atoms with van der Waals surface area (Å²) >= 11 is 5.83. The van der Waals surface area contributed by atoms with E-state index in [0.717, 1.165) is 16.8 Å². The second-order valence-corrected chi connectivity index (χ2v) is 3.15. The topological polar surface area (TPSA) is 25.8 Å². The standard InChI is InChI=1S/C11H9ClN2/c12-8-10-2-1-5-14-11(10)9-3-6-13-7-4-9/h1-7H,8H2. The molecule has 2 rings (SSSR count). The average Bonchev–Trinajstić information content (AvgIpc) is 2.30. The molecule has 2 aromatic heterocycles. The molecule has 2 aromatic rings. The molecule has 2 nitrogen and oxygen atoms in total. The smallest absolute Gasteiger partial charge is 0.0747 e. The Hall–Kier alpha value is -1.41. The summed E-state index contributed by atoms with van der Waals surface area (Å²) in [7, 11) is 0. The molecule has 0 aliphatic rings. The summed E-state index contributed by atoms with van der Waals surface area (Å²) in [4.78, 5) is 8.27. The van der Waals surface area contributed by atoms with E-state index >= 15 is 0 Å². The third kappa shape index (κ3) is 1.75. The summed E-state index contributed by atoms with van der Waals surface area (Å²) in [5.74, 6) is 0.478. The van der Waals surface area contributed by atoms with Crippen molar-refractivity contribution in [1.82, 2.24) is 9.97 Å². The molecule has 70 valence electrons. The first-order chi connectivity index (χ1) is 6.92. The maximum absolute atomic E-state index is 5.83. The minimum Gasteiger partial charge on any atom is -0.265 e. The van der Waals surface area contributed by atoms with Crippen LogP contribution in [0.3, 0.4) is 0 Å². The quantitative estimate of drug-likeness (QED) is 0.703. The van der Waals surface area contributed by atoms with E-state index in [1.165, 1.54) is 0 Å². The van der Waals surface area contributed by atoms with E-state index < -0.39 is 0 Å². The third-order valence-electron chi connectivity index (χ3n) is 1.99. The lowest BCUT2D eigenvalue weighted by molar-refractivity contribution is 1.23. The molecule has 0 fully saturated rings. The Bertz CT molecular complexity index is 415. The second-order valence-electron chi connectivity index (χ2n) is 2.88. The van der Waals surface area contributed by atoms with Gasteiger partial charge in [-0.2, -0.15) is 0 Å². The highest BCUT2D eigenvalue weighted by Crippen LogP contribution is 2.21. The lowest BCUT2D eigenvalue weighted by Gasteiger charge is -2.04. The van der Waals surface area contributed by atoms with Crippen LogP contribution in [0.4, 0.5) is 0 Å². The monoisotopic (exact) mass is 204 g/mol. The average molecular weight is 205 g/mol. The summed E-state index contributed by atoms with van der Waals surface area (Å²) in [6, 6.07) is 7.73. The first kappa shape index (κ1) is 9.16. The molecule has 3 heteroatoms. The summed E-state index contributed by atoms with van der Waals surface area (Å²) in [5, 5.41) is 0. The van der Waals surface area contributed by atoms with Crippen LogP contribution in [0.1, 0.15) is 5.56 Å². The second kappa shape index (κ2) is 4.20. The minimum absolute atomic E-state index is 0.478. The van der Waals surface area contributed by atoms with Crippen molar-refractivity contribution >= 4 is 11.6 Å². The van der Waals surface area contributed by atoms with Crippen molar-refractivity contribution in [2.45, 2.75) is 5.88 Å². The number of pyridine rings is 2. The van der Waals surface area contributed by atoms with Crippen LogP contribution in [0, 0.1) is 0 Å². The molecule has 0 aliphatic carbocycles. The molecule has 0 saturated carbocycles. The summed E-state index contributed by atoms with van der Waals surface area (Å²) in [5.41, 5.74) is 3.03. The lowest BCUT2D eigenvalue weighted by Crippen LogP contribution is -1.89. The summed E-state index contributed by atoms with van der Waals surface area (Å²) in [6.45, 7) is 0. The molecular weight excluding hydrogens is 196 g/mol. The highest BCUT2D eigenvalue weighted by Gasteiger charge is 2.03. The fourth-order valence-corrected chi connectivity index (χ4v) is 1.53. The Kier molecular flexibility index (Phi) is 2.75. The van der Waals surface area contributed by atoms with Gasteiger partial charge in [-0.25, -0.2) is 0 Å². The van der Waals surface area contributed by atoms with Crippen LogP contribution in [0.15, 0.2) is 42.9 Å². The van der Waals surface area contributed by atoms with Crippen molar-refractivity contribution in [3.63, 3.8) is 0 Å². The molecule has 0 saturated heterocycles. The lowest BCUT2D eigenvalue weighted by atomic mass is 10.1. The molecular formula is C11H9ClN2. The number of hydrogen-bond donors (Lipinski definition) is 0. The number of nitrogens with zero attached hydrogens (tertiary/aromatic N) is 2. The Balaban J connectivity index is 2.51. The molecule has 0 bridgehead atoms. The summed E-state index contributed by atoms with van der Waals surface area (Å²) < 4.78 is 0. The van der Waals surface area contributed by atoms with Gasteiger partial charge >= 0.3 is 0 Å². The first-order valence-electron chi connectivity index (χ1n) is 4.32. The van der Waals surface area contributed by atoms with Crippen LogP contribution in [-0.4, -0.2) is 9.97 Å². The normalized spacial score (nSPS) is 10.1. The number of halogens is 1. The van der Waals surface area contributed by atoms with E-state index in [1.54, 1.807) is 18.6 Å². The van der Waals surface area contributed by atoms with Crippen LogP contribution < -0.4 is 0 Å². The minimum atomic E-state index is 0.478. The molecule has 0 atom stereocenters. The van der Waals surface area contributed by atoms with Crippen LogP contribution in [0.5, 0.6) is 0 Å². The Morgan fingerprint density at radius 3 is 2.57 bits per heavy atom. The van der Waals surface area contributed by atoms with E-state index in [-0.39, 0.29) is 0 Å². The van der Waals surface area contributed by atoms with Gasteiger partial charge in [0.1, 0.15) is 0 Å². The van der Waals surface area contributed by atoms with Gasteiger partial charge in [0, 0.05) is 30.0 Å². The van der Waals surface area contributed by atoms with Gasteiger partial charge in [-0.05, 0) is 23.8 Å². The highest BCUT2D eigenvalue weighted by molar-refractivity contribution is 6.17. The zero-order valence-electron chi connectivity index (χ0n) is 7.52. The Labute approximate surface area is 87.6 Å². The van der Waals surface area contributed by atoms with E-state index in [2.05, 4.69) is 9.97 Å². The largest absolute Gasteiger partial charge is 0.265 e. The van der Waals surface area contributed by atoms with Gasteiger partial charge in [0.05, 0.1) is 5.69 Å². The fourth-order valence-electron chi connectivity index (χ4n) is 1.32. The first-order valence-corrected chi connectivity index (χ1v) is 4.85. The zero-order valence-corrected chi connectivity index (χ0v) is 8.28. The van der Waals surface area contributed by atoms with Crippen molar-refractivity contribution in [2.75, 3.05) is 0 Å². The number of hydrogen-bond acceptors (Lipinski definition) is 2. The maximum Gasteiger partial charge on any atom is 0.0747 e. The molecule has 0 aromatic carbocycles. The molecule has 0 aliphatic heterocycles. The van der Waals surface area contributed by atoms with Crippen LogP contribution >= 0.6 is 11.6 Å². The van der Waals surface area contributed by atoms with E-state index in [4.69, 9.17) is 11.6 Å². The van der Waals surface area contributed by atoms with Crippen molar-refractivity contribution in [3.8, 4) is 11.3 Å². The van der Waals surface area contributed by atoms with Gasteiger partial charge in [-0.3, -0.25) is 9.97 Å². The number of alkyl halides is 1. The van der Waals surface area contributed by atoms with Gasteiger partial charge in [0.25, 0.3) is 0 Å². The van der Waals surface area contributed by atoms with E-state index in [9.17, 15) is 0 Å². The van der Waals surface area contributed by atoms with Gasteiger partial charge in [0.2, 0.25) is 0 Å². The van der Waals surface area contributed by atoms with E-state index in [0.29, 0.717) is 5.88 Å². The van der Waals surface area contributed by atoms with Gasteiger partial charge in [-0.1, -0.05) is 6.07 Å². The third-order valence-corrected chi connectivity index (χ3v) is 2.28. The fraction of sp³-hybridized carbons (Fsp3) is 0.0909. The highest BCUT2D eigenvalue weighted by atomic mass is 35.5. The number of aromatic nitrogens is 2. The van der Waals surface area contributed by atoms with Crippen molar-refractivity contribution in [2.24, 2.45) is 0 Å². The van der Waals surface area contributed by atoms with Crippen molar-refractivity contribution < 1.29 is 0 Å². The molecule has 0 unspecified atom stereocenters. The van der Waals surface area contributed by atoms with Crippen LogP contribution in [-0.2, 0) is 5.88 Å². The molecule has 2 heterocycles. The van der Waals surface area contributed by atoms with Crippen molar-refractivity contribution in [3.05, 3.63) is 48.4 Å². The molecule has 0 N–H and O–H groups in total. The SMILES string of the molecule is ClCc1cccnc1-c1ccncc1. The van der Waals surface area contributed by atoms with Gasteiger partial charge < -0.3 is 0 Å². The van der Waals surface area contributed by atoms with Crippen LogP contribution in [0.25, 0.3) is 11.3 Å². The molecule has 0 spiro atoms. The predicted octanol–water partition coefficient (Wildman–Crippen LogP) is 2.88. The molecule has 14 heavy (non-hydrogen) atoms. The van der Waals surface area contributed by atoms with Gasteiger partial charge in [-0.15, -0.1) is 11.6 Å². The Morgan fingerprint density at radius 1 is 1.07 bits per heavy atom. The number of rotatable bonds is 2. The van der Waals surface area contributed by atoms with Gasteiger partial charge in [0.15, 0.2) is 0 Å². The molecule has 0 amide bonds. The predicted molar refractivity (Wildman–Crippen MR) is 57.0 cm³/mol. The molecule has 0 radical (unpaired) electrons. The zero-order chi connectivity index (χ0) is 9.80.